The van der Waals surface area contributed by atoms with Crippen molar-refractivity contribution in [3.8, 4) is 0 Å². The molecular formula is C13H24N4O. The Morgan fingerprint density at radius 2 is 2.06 bits per heavy atom. The van der Waals surface area contributed by atoms with Crippen LogP contribution in [0.5, 0.6) is 0 Å². The summed E-state index contributed by atoms with van der Waals surface area (Å²) in [6.45, 7) is 7.88. The molecule has 0 amide bonds. The van der Waals surface area contributed by atoms with Gasteiger partial charge < -0.3 is 15.7 Å². The molecule has 3 N–H and O–H groups in total. The highest BCUT2D eigenvalue weighted by Gasteiger charge is 2.17. The third-order valence-corrected chi connectivity index (χ3v) is 2.92. The molecule has 1 aromatic rings. The van der Waals surface area contributed by atoms with Crippen molar-refractivity contribution in [2.45, 2.75) is 39.5 Å². The van der Waals surface area contributed by atoms with Gasteiger partial charge in [-0.2, -0.15) is 0 Å². The van der Waals surface area contributed by atoms with Crippen LogP contribution in [-0.4, -0.2) is 34.8 Å². The van der Waals surface area contributed by atoms with Crippen molar-refractivity contribution in [3.05, 3.63) is 11.9 Å². The smallest absolute Gasteiger partial charge is 0.137 e. The molecule has 5 heteroatoms. The molecule has 0 fully saturated rings. The highest BCUT2D eigenvalue weighted by Crippen LogP contribution is 2.29. The summed E-state index contributed by atoms with van der Waals surface area (Å²) in [5, 5.41) is 9.18. The Kier molecular flexibility index (Phi) is 5.85. The summed E-state index contributed by atoms with van der Waals surface area (Å²) in [7, 11) is 0. The van der Waals surface area contributed by atoms with Gasteiger partial charge in [-0.05, 0) is 12.3 Å². The van der Waals surface area contributed by atoms with Crippen molar-refractivity contribution >= 4 is 11.6 Å². The van der Waals surface area contributed by atoms with Gasteiger partial charge in [0.1, 0.15) is 18.0 Å². The lowest BCUT2D eigenvalue weighted by molar-refractivity contribution is 0.301. The predicted octanol–water partition coefficient (Wildman–Crippen LogP) is 1.78. The Bertz CT molecular complexity index is 368. The van der Waals surface area contributed by atoms with Crippen molar-refractivity contribution in [2.75, 3.05) is 30.3 Å². The van der Waals surface area contributed by atoms with Gasteiger partial charge >= 0.3 is 0 Å². The van der Waals surface area contributed by atoms with Gasteiger partial charge in [0.15, 0.2) is 0 Å². The predicted molar refractivity (Wildman–Crippen MR) is 74.7 cm³/mol. The van der Waals surface area contributed by atoms with Crippen LogP contribution in [0, 0.1) is 0 Å². The van der Waals surface area contributed by atoms with Crippen molar-refractivity contribution < 1.29 is 5.11 Å². The Balaban J connectivity index is 3.06. The fraction of sp³-hybridized carbons (Fsp3) is 0.692. The highest BCUT2D eigenvalue weighted by molar-refractivity contribution is 5.58. The van der Waals surface area contributed by atoms with E-state index in [9.17, 15) is 5.11 Å². The first-order chi connectivity index (χ1) is 8.61. The lowest BCUT2D eigenvalue weighted by atomic mass is 10.0. The maximum atomic E-state index is 9.18. The normalized spacial score (nSPS) is 10.9. The number of unbranched alkanes of at least 4 members (excludes halogenated alkanes) is 1. The molecule has 1 heterocycles. The standard InChI is InChI=1S/C13H24N4O/c1-4-5-6-17(7-8-18)13-11(10(2)3)12(14)15-9-16-13/h9-10,18H,4-8H2,1-3H3,(H2,14,15,16). The van der Waals surface area contributed by atoms with Crippen LogP contribution in [0.15, 0.2) is 6.33 Å². The first-order valence-corrected chi connectivity index (χ1v) is 6.58. The zero-order chi connectivity index (χ0) is 13.5. The number of aromatic nitrogens is 2. The second kappa shape index (κ2) is 7.16. The molecule has 5 nitrogen and oxygen atoms in total. The van der Waals surface area contributed by atoms with Gasteiger partial charge in [-0.25, -0.2) is 9.97 Å². The molecule has 0 aliphatic carbocycles. The Hall–Kier alpha value is -1.36. The summed E-state index contributed by atoms with van der Waals surface area (Å²) in [6, 6.07) is 0. The molecule has 102 valence electrons. The van der Waals surface area contributed by atoms with Crippen LogP contribution >= 0.6 is 0 Å². The maximum Gasteiger partial charge on any atom is 0.137 e. The van der Waals surface area contributed by atoms with Crippen molar-refractivity contribution in [1.29, 1.82) is 0 Å². The number of rotatable bonds is 7. The molecule has 1 aromatic heterocycles. The van der Waals surface area contributed by atoms with Crippen molar-refractivity contribution in [1.82, 2.24) is 9.97 Å². The van der Waals surface area contributed by atoms with Gasteiger partial charge in [-0.1, -0.05) is 27.2 Å². The van der Waals surface area contributed by atoms with Crippen LogP contribution in [0.1, 0.15) is 45.1 Å². The second-order valence-electron chi connectivity index (χ2n) is 4.72. The third kappa shape index (κ3) is 3.57. The third-order valence-electron chi connectivity index (χ3n) is 2.92. The average Bonchev–Trinajstić information content (AvgIpc) is 2.33. The molecule has 1 rings (SSSR count). The number of anilines is 2. The number of nitrogens with two attached hydrogens (primary N) is 1. The van der Waals surface area contributed by atoms with E-state index in [0.717, 1.165) is 30.8 Å². The molecule has 0 aliphatic heterocycles. The second-order valence-corrected chi connectivity index (χ2v) is 4.72. The van der Waals surface area contributed by atoms with Gasteiger partial charge in [-0.15, -0.1) is 0 Å². The zero-order valence-electron chi connectivity index (χ0n) is 11.6. The largest absolute Gasteiger partial charge is 0.395 e. The summed E-state index contributed by atoms with van der Waals surface area (Å²) in [5.74, 6) is 1.67. The molecule has 18 heavy (non-hydrogen) atoms. The van der Waals surface area contributed by atoms with Crippen molar-refractivity contribution in [3.63, 3.8) is 0 Å². The maximum absolute atomic E-state index is 9.18. The minimum absolute atomic E-state index is 0.116. The van der Waals surface area contributed by atoms with Crippen LogP contribution in [0.4, 0.5) is 11.6 Å². The quantitative estimate of drug-likeness (QED) is 0.773. The fourth-order valence-corrected chi connectivity index (χ4v) is 2.00. The Morgan fingerprint density at radius 1 is 1.33 bits per heavy atom. The molecule has 0 saturated carbocycles. The molecule has 0 spiro atoms. The lowest BCUT2D eigenvalue weighted by Gasteiger charge is -2.26. The van der Waals surface area contributed by atoms with Gasteiger partial charge in [0.05, 0.1) is 6.61 Å². The number of aliphatic hydroxyl groups excluding tert-OH is 1. The summed E-state index contributed by atoms with van der Waals surface area (Å²) < 4.78 is 0. The molecule has 0 saturated heterocycles. The number of aliphatic hydroxyl groups is 1. The van der Waals surface area contributed by atoms with Crippen LogP contribution in [0.25, 0.3) is 0 Å². The number of nitrogens with zero attached hydrogens (tertiary/aromatic N) is 3. The molecule has 0 radical (unpaired) electrons. The van der Waals surface area contributed by atoms with Gasteiger partial charge in [-0.3, -0.25) is 0 Å². The van der Waals surface area contributed by atoms with E-state index in [4.69, 9.17) is 5.73 Å². The first kappa shape index (κ1) is 14.7. The lowest BCUT2D eigenvalue weighted by Crippen LogP contribution is -2.30. The van der Waals surface area contributed by atoms with Crippen molar-refractivity contribution in [2.24, 2.45) is 0 Å². The van der Waals surface area contributed by atoms with E-state index in [1.165, 1.54) is 6.33 Å². The van der Waals surface area contributed by atoms with Gasteiger partial charge in [0.2, 0.25) is 0 Å². The summed E-state index contributed by atoms with van der Waals surface area (Å²) >= 11 is 0. The molecular weight excluding hydrogens is 228 g/mol. The molecule has 0 aliphatic rings. The summed E-state index contributed by atoms with van der Waals surface area (Å²) in [5.41, 5.74) is 6.92. The zero-order valence-corrected chi connectivity index (χ0v) is 11.6. The first-order valence-electron chi connectivity index (χ1n) is 6.58. The Morgan fingerprint density at radius 3 is 2.61 bits per heavy atom. The minimum Gasteiger partial charge on any atom is -0.395 e. The van der Waals surface area contributed by atoms with E-state index in [-0.39, 0.29) is 12.5 Å². The summed E-state index contributed by atoms with van der Waals surface area (Å²) in [6.07, 6.45) is 3.67. The van der Waals surface area contributed by atoms with E-state index in [1.54, 1.807) is 0 Å². The monoisotopic (exact) mass is 252 g/mol. The molecule has 0 atom stereocenters. The average molecular weight is 252 g/mol. The van der Waals surface area contributed by atoms with E-state index in [1.807, 2.05) is 0 Å². The SMILES string of the molecule is CCCCN(CCO)c1ncnc(N)c1C(C)C. The molecule has 0 bridgehead atoms. The van der Waals surface area contributed by atoms with E-state index >= 15 is 0 Å². The Labute approximate surface area is 109 Å². The number of hydrogen-bond acceptors (Lipinski definition) is 5. The van der Waals surface area contributed by atoms with Crippen LogP contribution in [0.2, 0.25) is 0 Å². The molecule has 0 aromatic carbocycles. The van der Waals surface area contributed by atoms with E-state index in [0.29, 0.717) is 12.4 Å². The fourth-order valence-electron chi connectivity index (χ4n) is 2.00. The van der Waals surface area contributed by atoms with Crippen LogP contribution in [-0.2, 0) is 0 Å². The van der Waals surface area contributed by atoms with E-state index < -0.39 is 0 Å². The van der Waals surface area contributed by atoms with Crippen LogP contribution < -0.4 is 10.6 Å². The highest BCUT2D eigenvalue weighted by atomic mass is 16.3. The van der Waals surface area contributed by atoms with Gasteiger partial charge in [0.25, 0.3) is 0 Å². The van der Waals surface area contributed by atoms with Crippen LogP contribution in [0.3, 0.4) is 0 Å². The van der Waals surface area contributed by atoms with Gasteiger partial charge in [0, 0.05) is 18.7 Å². The molecule has 0 unspecified atom stereocenters. The topological polar surface area (TPSA) is 75.3 Å². The number of hydrogen-bond donors (Lipinski definition) is 2. The summed E-state index contributed by atoms with van der Waals surface area (Å²) in [4.78, 5) is 10.5. The minimum atomic E-state index is 0.116. The van der Waals surface area contributed by atoms with E-state index in [2.05, 4.69) is 35.6 Å². The number of nitrogen functional groups attached to an aromatic ring is 1.